The van der Waals surface area contributed by atoms with Gasteiger partial charge in [0.25, 0.3) is 5.91 Å². The van der Waals surface area contributed by atoms with E-state index in [9.17, 15) is 9.90 Å². The molecule has 0 saturated heterocycles. The van der Waals surface area contributed by atoms with Gasteiger partial charge in [-0.25, -0.2) is 0 Å². The maximum atomic E-state index is 12.1. The molecule has 5 nitrogen and oxygen atoms in total. The highest BCUT2D eigenvalue weighted by Crippen LogP contribution is 2.31. The summed E-state index contributed by atoms with van der Waals surface area (Å²) in [5.74, 6) is 0.909. The molecule has 0 bridgehead atoms. The molecular weight excluding hydrogens is 302 g/mol. The second-order valence-corrected chi connectivity index (χ2v) is 6.04. The smallest absolute Gasteiger partial charge is 0.264 e. The van der Waals surface area contributed by atoms with Crippen molar-refractivity contribution in [2.75, 3.05) is 13.2 Å². The normalized spacial score (nSPS) is 17.8. The van der Waals surface area contributed by atoms with E-state index >= 15 is 0 Å². The quantitative estimate of drug-likeness (QED) is 0.905. The average molecular weight is 319 g/mol. The lowest BCUT2D eigenvalue weighted by molar-refractivity contribution is -0.130. The first-order chi connectivity index (χ1) is 10.6. The Balaban J connectivity index is 1.56. The van der Waals surface area contributed by atoms with Gasteiger partial charge in [0.05, 0.1) is 0 Å². The molecule has 6 heteroatoms. The van der Waals surface area contributed by atoms with Gasteiger partial charge in [-0.15, -0.1) is 11.3 Å². The largest absolute Gasteiger partial charge is 0.485 e. The third-order valence-corrected chi connectivity index (χ3v) is 4.60. The number of hydrogen-bond donors (Lipinski definition) is 2. The molecule has 0 aliphatic carbocycles. The number of aliphatic hydroxyl groups is 1. The predicted octanol–water partition coefficient (Wildman–Crippen LogP) is 2.05. The molecule has 1 aliphatic heterocycles. The zero-order chi connectivity index (χ0) is 15.5. The first-order valence-electron chi connectivity index (χ1n) is 7.03. The molecule has 0 spiro atoms. The fourth-order valence-electron chi connectivity index (χ4n) is 2.28. The number of fused-ring (bicyclic) bond motifs is 1. The Labute approximate surface area is 132 Å². The third-order valence-electron chi connectivity index (χ3n) is 3.48. The van der Waals surface area contributed by atoms with Gasteiger partial charge < -0.3 is 19.9 Å². The Kier molecular flexibility index (Phi) is 4.31. The highest BCUT2D eigenvalue weighted by atomic mass is 32.1. The van der Waals surface area contributed by atoms with Crippen molar-refractivity contribution in [3.8, 4) is 11.5 Å². The number of benzene rings is 1. The highest BCUT2D eigenvalue weighted by Gasteiger charge is 2.27. The topological polar surface area (TPSA) is 67.8 Å². The number of hydrogen-bond acceptors (Lipinski definition) is 5. The summed E-state index contributed by atoms with van der Waals surface area (Å²) in [5, 5.41) is 14.8. The van der Waals surface area contributed by atoms with Gasteiger partial charge in [-0.3, -0.25) is 4.79 Å². The molecule has 1 aliphatic rings. The van der Waals surface area contributed by atoms with Gasteiger partial charge >= 0.3 is 0 Å². The number of thiophene rings is 1. The standard InChI is InChI=1S/C16H17NO4S/c1-10-6-7-22-15(10)11(18)8-17-16(19)14-9-20-12-4-2-3-5-13(12)21-14/h2-7,11,14,18H,8-9H2,1H3,(H,17,19)/t11-,14-/m1/s1. The summed E-state index contributed by atoms with van der Waals surface area (Å²) >= 11 is 1.48. The summed E-state index contributed by atoms with van der Waals surface area (Å²) in [4.78, 5) is 13.0. The van der Waals surface area contributed by atoms with Crippen molar-refractivity contribution < 1.29 is 19.4 Å². The van der Waals surface area contributed by atoms with Gasteiger partial charge in [-0.05, 0) is 36.1 Å². The number of rotatable bonds is 4. The van der Waals surface area contributed by atoms with Crippen LogP contribution in [0.25, 0.3) is 0 Å². The summed E-state index contributed by atoms with van der Waals surface area (Å²) in [6, 6.07) is 9.18. The van der Waals surface area contributed by atoms with Crippen LogP contribution in [0.3, 0.4) is 0 Å². The Morgan fingerprint density at radius 3 is 2.91 bits per heavy atom. The van der Waals surface area contributed by atoms with Crippen LogP contribution in [0.2, 0.25) is 0 Å². The lowest BCUT2D eigenvalue weighted by atomic mass is 10.2. The van der Waals surface area contributed by atoms with Crippen LogP contribution in [0.15, 0.2) is 35.7 Å². The van der Waals surface area contributed by atoms with Crippen molar-refractivity contribution in [1.29, 1.82) is 0 Å². The molecule has 116 valence electrons. The van der Waals surface area contributed by atoms with Gasteiger partial charge in [-0.2, -0.15) is 0 Å². The van der Waals surface area contributed by atoms with Crippen LogP contribution in [-0.4, -0.2) is 30.3 Å². The zero-order valence-electron chi connectivity index (χ0n) is 12.1. The number of aliphatic hydroxyl groups excluding tert-OH is 1. The molecule has 0 saturated carbocycles. The third kappa shape index (κ3) is 3.08. The summed E-state index contributed by atoms with van der Waals surface area (Å²) in [7, 11) is 0. The van der Waals surface area contributed by atoms with E-state index < -0.39 is 12.2 Å². The summed E-state index contributed by atoms with van der Waals surface area (Å²) in [6.07, 6.45) is -1.41. The van der Waals surface area contributed by atoms with Gasteiger partial charge in [0.1, 0.15) is 12.7 Å². The van der Waals surface area contributed by atoms with E-state index in [1.165, 1.54) is 11.3 Å². The Morgan fingerprint density at radius 1 is 1.41 bits per heavy atom. The lowest BCUT2D eigenvalue weighted by Gasteiger charge is -2.25. The first kappa shape index (κ1) is 14.9. The van der Waals surface area contributed by atoms with Crippen LogP contribution in [0.4, 0.5) is 0 Å². The number of amides is 1. The van der Waals surface area contributed by atoms with Gasteiger partial charge in [0.15, 0.2) is 11.5 Å². The van der Waals surface area contributed by atoms with Crippen LogP contribution >= 0.6 is 11.3 Å². The number of carbonyl (C=O) groups excluding carboxylic acids is 1. The van der Waals surface area contributed by atoms with Crippen molar-refractivity contribution >= 4 is 17.2 Å². The first-order valence-corrected chi connectivity index (χ1v) is 7.91. The van der Waals surface area contributed by atoms with Crippen LogP contribution < -0.4 is 14.8 Å². The van der Waals surface area contributed by atoms with Crippen molar-refractivity contribution in [1.82, 2.24) is 5.32 Å². The molecule has 2 N–H and O–H groups in total. The van der Waals surface area contributed by atoms with E-state index in [4.69, 9.17) is 9.47 Å². The van der Waals surface area contributed by atoms with E-state index in [0.717, 1.165) is 10.4 Å². The minimum atomic E-state index is -0.708. The summed E-state index contributed by atoms with van der Waals surface area (Å²) < 4.78 is 11.1. The molecule has 1 aromatic carbocycles. The molecule has 0 fully saturated rings. The van der Waals surface area contributed by atoms with Gasteiger partial charge in [0.2, 0.25) is 6.10 Å². The molecule has 0 unspecified atom stereocenters. The van der Waals surface area contributed by atoms with Crippen molar-refractivity contribution in [2.45, 2.75) is 19.1 Å². The molecule has 0 radical (unpaired) electrons. The fourth-order valence-corrected chi connectivity index (χ4v) is 3.19. The maximum Gasteiger partial charge on any atom is 0.264 e. The predicted molar refractivity (Wildman–Crippen MR) is 83.4 cm³/mol. The zero-order valence-corrected chi connectivity index (χ0v) is 12.9. The molecule has 1 amide bonds. The monoisotopic (exact) mass is 319 g/mol. The van der Waals surface area contributed by atoms with Crippen molar-refractivity contribution in [3.63, 3.8) is 0 Å². The average Bonchev–Trinajstić information content (AvgIpc) is 2.98. The van der Waals surface area contributed by atoms with Gasteiger partial charge in [0, 0.05) is 11.4 Å². The van der Waals surface area contributed by atoms with Crippen molar-refractivity contribution in [3.05, 3.63) is 46.2 Å². The maximum absolute atomic E-state index is 12.1. The number of para-hydroxylation sites is 2. The second-order valence-electron chi connectivity index (χ2n) is 5.09. The Bertz CT molecular complexity index is 670. The fraction of sp³-hybridized carbons (Fsp3) is 0.312. The molecule has 22 heavy (non-hydrogen) atoms. The lowest BCUT2D eigenvalue weighted by Crippen LogP contribution is -2.45. The number of aryl methyl sites for hydroxylation is 1. The highest BCUT2D eigenvalue weighted by molar-refractivity contribution is 7.10. The van der Waals surface area contributed by atoms with Crippen molar-refractivity contribution in [2.24, 2.45) is 0 Å². The Hall–Kier alpha value is -2.05. The van der Waals surface area contributed by atoms with Gasteiger partial charge in [-0.1, -0.05) is 12.1 Å². The summed E-state index contributed by atoms with van der Waals surface area (Å²) in [5.41, 5.74) is 1.03. The molecular formula is C16H17NO4S. The Morgan fingerprint density at radius 2 is 2.18 bits per heavy atom. The molecule has 1 aromatic heterocycles. The van der Waals surface area contributed by atoms with E-state index in [1.54, 1.807) is 12.1 Å². The number of nitrogens with one attached hydrogen (secondary N) is 1. The number of carbonyl (C=O) groups is 1. The van der Waals surface area contributed by atoms with E-state index in [2.05, 4.69) is 5.32 Å². The van der Waals surface area contributed by atoms with E-state index in [0.29, 0.717) is 11.5 Å². The van der Waals surface area contributed by atoms with Crippen LogP contribution in [0, 0.1) is 6.92 Å². The molecule has 2 atom stereocenters. The molecule has 2 aromatic rings. The minimum Gasteiger partial charge on any atom is -0.485 e. The number of ether oxygens (including phenoxy) is 2. The minimum absolute atomic E-state index is 0.154. The van der Waals surface area contributed by atoms with Crippen LogP contribution in [0.5, 0.6) is 11.5 Å². The van der Waals surface area contributed by atoms with Crippen LogP contribution in [0.1, 0.15) is 16.5 Å². The van der Waals surface area contributed by atoms with E-state index in [1.807, 2.05) is 30.5 Å². The second kappa shape index (κ2) is 6.37. The molecule has 2 heterocycles. The SMILES string of the molecule is Cc1ccsc1[C@H](O)CNC(=O)[C@H]1COc2ccccc2O1. The molecule has 3 rings (SSSR count). The van der Waals surface area contributed by atoms with Crippen LogP contribution in [-0.2, 0) is 4.79 Å². The van der Waals surface area contributed by atoms with E-state index in [-0.39, 0.29) is 19.1 Å². The summed E-state index contributed by atoms with van der Waals surface area (Å²) in [6.45, 7) is 2.25.